The number of halogens is 3. The first-order chi connectivity index (χ1) is 12.8. The molecule has 1 aliphatic rings. The number of nitrogens with zero attached hydrogens (tertiary/aromatic N) is 3. The van der Waals surface area contributed by atoms with Crippen molar-refractivity contribution in [3.63, 3.8) is 0 Å². The molecule has 3 rings (SSSR count). The summed E-state index contributed by atoms with van der Waals surface area (Å²) in [4.78, 5) is 21.2. The van der Waals surface area contributed by atoms with Gasteiger partial charge in [-0.25, -0.2) is 14.8 Å². The number of aromatic nitrogens is 2. The van der Waals surface area contributed by atoms with Crippen molar-refractivity contribution in [1.29, 1.82) is 0 Å². The first-order valence-electron chi connectivity index (χ1n) is 8.26. The second-order valence-corrected chi connectivity index (χ2v) is 7.38. The van der Waals surface area contributed by atoms with Gasteiger partial charge in [-0.05, 0) is 36.6 Å². The van der Waals surface area contributed by atoms with E-state index in [0.29, 0.717) is 46.2 Å². The standard InChI is InChI=1S/C18H17Cl3N4O2/c1-10(13-3-2-12(19)8-14(13)20)23-17-15(21)9-22-16(24-17)11-4-6-25(7-5-11)18(26)27/h2-4,8-10H,5-7H2,1H3,(H,26,27)(H,22,23,24). The van der Waals surface area contributed by atoms with E-state index in [1.165, 1.54) is 11.1 Å². The molecule has 2 N–H and O–H groups in total. The number of amides is 1. The average molecular weight is 428 g/mol. The highest BCUT2D eigenvalue weighted by atomic mass is 35.5. The molecule has 1 atom stereocenters. The first kappa shape index (κ1) is 19.7. The van der Waals surface area contributed by atoms with Crippen LogP contribution in [0.15, 0.2) is 30.5 Å². The van der Waals surface area contributed by atoms with Crippen LogP contribution in [0.25, 0.3) is 5.57 Å². The van der Waals surface area contributed by atoms with Crippen LogP contribution in [0.3, 0.4) is 0 Å². The molecule has 1 amide bonds. The summed E-state index contributed by atoms with van der Waals surface area (Å²) < 4.78 is 0. The summed E-state index contributed by atoms with van der Waals surface area (Å²) in [7, 11) is 0. The number of hydrogen-bond acceptors (Lipinski definition) is 4. The van der Waals surface area contributed by atoms with Gasteiger partial charge in [0.25, 0.3) is 0 Å². The van der Waals surface area contributed by atoms with Crippen LogP contribution >= 0.6 is 34.8 Å². The van der Waals surface area contributed by atoms with E-state index in [-0.39, 0.29) is 6.04 Å². The number of carbonyl (C=O) groups is 1. The van der Waals surface area contributed by atoms with Gasteiger partial charge in [0.05, 0.1) is 12.2 Å². The van der Waals surface area contributed by atoms with Crippen molar-refractivity contribution in [3.05, 3.63) is 56.9 Å². The Morgan fingerprint density at radius 2 is 2.07 bits per heavy atom. The predicted molar refractivity (Wildman–Crippen MR) is 108 cm³/mol. The molecule has 2 heterocycles. The van der Waals surface area contributed by atoms with Crippen molar-refractivity contribution in [2.24, 2.45) is 0 Å². The average Bonchev–Trinajstić information content (AvgIpc) is 2.63. The maximum absolute atomic E-state index is 11.0. The van der Waals surface area contributed by atoms with E-state index in [1.54, 1.807) is 12.1 Å². The van der Waals surface area contributed by atoms with Gasteiger partial charge in [-0.1, -0.05) is 46.9 Å². The topological polar surface area (TPSA) is 78.4 Å². The molecule has 1 unspecified atom stereocenters. The fourth-order valence-electron chi connectivity index (χ4n) is 2.80. The van der Waals surface area contributed by atoms with Gasteiger partial charge in [-0.15, -0.1) is 0 Å². The van der Waals surface area contributed by atoms with E-state index in [2.05, 4.69) is 15.3 Å². The largest absolute Gasteiger partial charge is 0.465 e. The Kier molecular flexibility index (Phi) is 6.09. The summed E-state index contributed by atoms with van der Waals surface area (Å²) in [5.74, 6) is 1.02. The third-order valence-electron chi connectivity index (χ3n) is 4.29. The minimum atomic E-state index is -0.932. The summed E-state index contributed by atoms with van der Waals surface area (Å²) in [6, 6.07) is 5.15. The molecule has 2 aromatic rings. The second-order valence-electron chi connectivity index (χ2n) is 6.13. The Balaban J connectivity index is 1.80. The highest BCUT2D eigenvalue weighted by Crippen LogP contribution is 2.31. The number of benzene rings is 1. The summed E-state index contributed by atoms with van der Waals surface area (Å²) in [6.45, 7) is 2.67. The zero-order valence-electron chi connectivity index (χ0n) is 14.4. The van der Waals surface area contributed by atoms with Crippen molar-refractivity contribution in [2.75, 3.05) is 18.4 Å². The molecule has 0 radical (unpaired) electrons. The minimum absolute atomic E-state index is 0.155. The van der Waals surface area contributed by atoms with Crippen LogP contribution in [-0.2, 0) is 0 Å². The van der Waals surface area contributed by atoms with Crippen molar-refractivity contribution < 1.29 is 9.90 Å². The Labute approximate surface area is 171 Å². The fraction of sp³-hybridized carbons (Fsp3) is 0.278. The molecule has 0 bridgehead atoms. The van der Waals surface area contributed by atoms with Gasteiger partial charge in [0.15, 0.2) is 5.82 Å². The van der Waals surface area contributed by atoms with E-state index in [9.17, 15) is 4.79 Å². The molecule has 27 heavy (non-hydrogen) atoms. The third-order valence-corrected chi connectivity index (χ3v) is 5.13. The molecule has 1 aromatic carbocycles. The van der Waals surface area contributed by atoms with Crippen molar-refractivity contribution in [2.45, 2.75) is 19.4 Å². The molecule has 9 heteroatoms. The zero-order valence-corrected chi connectivity index (χ0v) is 16.7. The highest BCUT2D eigenvalue weighted by molar-refractivity contribution is 6.35. The van der Waals surface area contributed by atoms with Crippen LogP contribution in [0.5, 0.6) is 0 Å². The maximum atomic E-state index is 11.0. The Morgan fingerprint density at radius 3 is 2.70 bits per heavy atom. The quantitative estimate of drug-likeness (QED) is 0.685. The third kappa shape index (κ3) is 4.64. The van der Waals surface area contributed by atoms with Gasteiger partial charge in [-0.2, -0.15) is 0 Å². The Bertz CT molecular complexity index is 904. The highest BCUT2D eigenvalue weighted by Gasteiger charge is 2.19. The van der Waals surface area contributed by atoms with Gasteiger partial charge < -0.3 is 15.3 Å². The normalized spacial score (nSPS) is 15.3. The van der Waals surface area contributed by atoms with E-state index >= 15 is 0 Å². The molecule has 0 saturated heterocycles. The number of anilines is 1. The number of hydrogen-bond donors (Lipinski definition) is 2. The molecule has 0 saturated carbocycles. The Morgan fingerprint density at radius 1 is 1.30 bits per heavy atom. The number of carboxylic acid groups (broad SMARTS) is 1. The Hall–Kier alpha value is -2.02. The van der Waals surface area contributed by atoms with Crippen LogP contribution in [0.4, 0.5) is 10.6 Å². The lowest BCUT2D eigenvalue weighted by atomic mass is 10.1. The maximum Gasteiger partial charge on any atom is 0.407 e. The van der Waals surface area contributed by atoms with Crippen LogP contribution in [-0.4, -0.2) is 39.2 Å². The molecular weight excluding hydrogens is 411 g/mol. The SMILES string of the molecule is CC(Nc1nc(C2=CCN(C(=O)O)CC2)ncc1Cl)c1ccc(Cl)cc1Cl. The van der Waals surface area contributed by atoms with Gasteiger partial charge >= 0.3 is 6.09 Å². The lowest BCUT2D eigenvalue weighted by Gasteiger charge is -2.23. The number of nitrogens with one attached hydrogen (secondary N) is 1. The molecule has 0 fully saturated rings. The molecule has 1 aliphatic heterocycles. The summed E-state index contributed by atoms with van der Waals surface area (Å²) in [6.07, 6.45) is 2.97. The van der Waals surface area contributed by atoms with Crippen LogP contribution in [0, 0.1) is 0 Å². The zero-order chi connectivity index (χ0) is 19.6. The smallest absolute Gasteiger partial charge is 0.407 e. The van der Waals surface area contributed by atoms with E-state index in [1.807, 2.05) is 19.1 Å². The van der Waals surface area contributed by atoms with E-state index < -0.39 is 6.09 Å². The molecule has 6 nitrogen and oxygen atoms in total. The molecular formula is C18H17Cl3N4O2. The fourth-order valence-corrected chi connectivity index (χ4v) is 3.52. The van der Waals surface area contributed by atoms with Crippen LogP contribution < -0.4 is 5.32 Å². The monoisotopic (exact) mass is 426 g/mol. The van der Waals surface area contributed by atoms with Gasteiger partial charge in [0.2, 0.25) is 0 Å². The molecule has 0 aliphatic carbocycles. The summed E-state index contributed by atoms with van der Waals surface area (Å²) in [5, 5.41) is 13.8. The van der Waals surface area contributed by atoms with Crippen molar-refractivity contribution in [3.8, 4) is 0 Å². The van der Waals surface area contributed by atoms with Crippen molar-refractivity contribution >= 4 is 52.3 Å². The van der Waals surface area contributed by atoms with Crippen LogP contribution in [0.2, 0.25) is 15.1 Å². The molecule has 142 valence electrons. The van der Waals surface area contributed by atoms with Crippen LogP contribution in [0.1, 0.15) is 30.8 Å². The minimum Gasteiger partial charge on any atom is -0.465 e. The summed E-state index contributed by atoms with van der Waals surface area (Å²) >= 11 is 18.5. The van der Waals surface area contributed by atoms with E-state index in [0.717, 1.165) is 11.1 Å². The van der Waals surface area contributed by atoms with Gasteiger partial charge in [-0.3, -0.25) is 0 Å². The molecule has 0 spiro atoms. The second kappa shape index (κ2) is 8.33. The molecule has 1 aromatic heterocycles. The lowest BCUT2D eigenvalue weighted by Crippen LogP contribution is -2.33. The lowest BCUT2D eigenvalue weighted by molar-refractivity contribution is 0.150. The summed E-state index contributed by atoms with van der Waals surface area (Å²) in [5.41, 5.74) is 1.76. The predicted octanol–water partition coefficient (Wildman–Crippen LogP) is 5.38. The van der Waals surface area contributed by atoms with E-state index in [4.69, 9.17) is 39.9 Å². The van der Waals surface area contributed by atoms with Gasteiger partial charge in [0, 0.05) is 23.1 Å². The number of rotatable bonds is 4. The van der Waals surface area contributed by atoms with Crippen molar-refractivity contribution in [1.82, 2.24) is 14.9 Å². The van der Waals surface area contributed by atoms with Gasteiger partial charge in [0.1, 0.15) is 10.8 Å². The first-order valence-corrected chi connectivity index (χ1v) is 9.40.